The van der Waals surface area contributed by atoms with Crippen LogP contribution in [0.4, 0.5) is 0 Å². The Labute approximate surface area is 145 Å². The molecule has 0 bridgehead atoms. The molecule has 0 unspecified atom stereocenters. The molecule has 25 heavy (non-hydrogen) atoms. The van der Waals surface area contributed by atoms with Gasteiger partial charge < -0.3 is 4.42 Å². The van der Waals surface area contributed by atoms with Gasteiger partial charge in [-0.25, -0.2) is 0 Å². The van der Waals surface area contributed by atoms with Crippen LogP contribution in [0.25, 0.3) is 11.0 Å². The van der Waals surface area contributed by atoms with Gasteiger partial charge in [0.15, 0.2) is 0 Å². The van der Waals surface area contributed by atoms with Crippen LogP contribution in [0.2, 0.25) is 0 Å². The van der Waals surface area contributed by atoms with Gasteiger partial charge in [0, 0.05) is 12.5 Å². The van der Waals surface area contributed by atoms with Crippen LogP contribution in [-0.2, 0) is 6.42 Å². The second-order valence-electron chi connectivity index (χ2n) is 5.58. The number of aromatic nitrogens is 3. The van der Waals surface area contributed by atoms with Crippen molar-refractivity contribution in [2.24, 2.45) is 0 Å². The van der Waals surface area contributed by atoms with Crippen molar-refractivity contribution in [3.8, 4) is 0 Å². The number of benzene rings is 1. The number of nitrogens with zero attached hydrogens (tertiary/aromatic N) is 3. The van der Waals surface area contributed by atoms with E-state index in [0.29, 0.717) is 16.7 Å². The van der Waals surface area contributed by atoms with Crippen molar-refractivity contribution in [3.05, 3.63) is 90.5 Å². The molecule has 6 nitrogen and oxygen atoms in total. The average Bonchev–Trinajstić information content (AvgIpc) is 3.13. The van der Waals surface area contributed by atoms with Gasteiger partial charge in [-0.2, -0.15) is 14.6 Å². The summed E-state index contributed by atoms with van der Waals surface area (Å²) >= 11 is 1.12. The van der Waals surface area contributed by atoms with E-state index in [2.05, 4.69) is 10.1 Å². The maximum atomic E-state index is 12.6. The molecular formula is C18H13N3O3S. The van der Waals surface area contributed by atoms with Gasteiger partial charge in [0.1, 0.15) is 21.7 Å². The summed E-state index contributed by atoms with van der Waals surface area (Å²) in [4.78, 5) is 29.1. The molecule has 0 saturated carbocycles. The lowest BCUT2D eigenvalue weighted by Gasteiger charge is -1.99. The number of fused-ring (bicyclic) bond motifs is 1. The van der Waals surface area contributed by atoms with Crippen LogP contribution in [0, 0.1) is 6.92 Å². The van der Waals surface area contributed by atoms with Crippen LogP contribution in [-0.4, -0.2) is 14.6 Å². The highest BCUT2D eigenvalue weighted by Crippen LogP contribution is 2.08. The quantitative estimate of drug-likeness (QED) is 0.560. The molecule has 0 radical (unpaired) electrons. The predicted octanol–water partition coefficient (Wildman–Crippen LogP) is 1.55. The lowest BCUT2D eigenvalue weighted by molar-refractivity contribution is 0.525. The SMILES string of the molecule is Cc1ccc(/C=c2\sc3nc(=O)c(Cc4ccccc4)nn3c2=O)o1. The summed E-state index contributed by atoms with van der Waals surface area (Å²) in [5.74, 6) is 1.34. The fraction of sp³-hybridized carbons (Fsp3) is 0.111. The second kappa shape index (κ2) is 6.10. The standard InChI is InChI=1S/C18H13N3O3S/c1-11-7-8-13(24-11)10-15-17(23)21-18(25-15)19-16(22)14(20-21)9-12-5-3-2-4-6-12/h2-8,10H,9H2,1H3/b15-10-. The third-order valence-electron chi connectivity index (χ3n) is 3.70. The summed E-state index contributed by atoms with van der Waals surface area (Å²) in [5, 5.41) is 4.23. The summed E-state index contributed by atoms with van der Waals surface area (Å²) in [7, 11) is 0. The highest BCUT2D eigenvalue weighted by Gasteiger charge is 2.12. The Morgan fingerprint density at radius 3 is 2.68 bits per heavy atom. The molecule has 3 aromatic heterocycles. The van der Waals surface area contributed by atoms with Crippen molar-refractivity contribution in [3.63, 3.8) is 0 Å². The van der Waals surface area contributed by atoms with Gasteiger partial charge in [-0.15, -0.1) is 0 Å². The third-order valence-corrected chi connectivity index (χ3v) is 4.66. The third kappa shape index (κ3) is 3.01. The predicted molar refractivity (Wildman–Crippen MR) is 94.9 cm³/mol. The highest BCUT2D eigenvalue weighted by molar-refractivity contribution is 7.15. The van der Waals surface area contributed by atoms with Crippen molar-refractivity contribution in [1.29, 1.82) is 0 Å². The average molecular weight is 351 g/mol. The largest absolute Gasteiger partial charge is 0.462 e. The van der Waals surface area contributed by atoms with Gasteiger partial charge in [0.2, 0.25) is 4.96 Å². The van der Waals surface area contributed by atoms with Crippen molar-refractivity contribution in [2.45, 2.75) is 13.3 Å². The molecule has 0 atom stereocenters. The number of furan rings is 1. The van der Waals surface area contributed by atoms with Crippen LogP contribution >= 0.6 is 11.3 Å². The minimum atomic E-state index is -0.412. The molecular weight excluding hydrogens is 338 g/mol. The first-order chi connectivity index (χ1) is 12.1. The first-order valence-corrected chi connectivity index (χ1v) is 8.47. The van der Waals surface area contributed by atoms with Gasteiger partial charge in [0.05, 0.1) is 0 Å². The van der Waals surface area contributed by atoms with Gasteiger partial charge in [0.25, 0.3) is 11.1 Å². The zero-order valence-electron chi connectivity index (χ0n) is 13.3. The Morgan fingerprint density at radius 2 is 1.96 bits per heavy atom. The van der Waals surface area contributed by atoms with Gasteiger partial charge in [-0.3, -0.25) is 9.59 Å². The zero-order chi connectivity index (χ0) is 17.4. The Kier molecular flexibility index (Phi) is 3.77. The fourth-order valence-electron chi connectivity index (χ4n) is 2.50. The van der Waals surface area contributed by atoms with E-state index in [0.717, 1.165) is 22.7 Å². The molecule has 4 aromatic rings. The van der Waals surface area contributed by atoms with E-state index in [1.54, 1.807) is 12.1 Å². The number of thiazole rings is 1. The highest BCUT2D eigenvalue weighted by atomic mass is 32.1. The molecule has 0 amide bonds. The van der Waals surface area contributed by atoms with Crippen LogP contribution < -0.4 is 15.7 Å². The zero-order valence-corrected chi connectivity index (χ0v) is 14.1. The van der Waals surface area contributed by atoms with Crippen LogP contribution in [0.1, 0.15) is 22.8 Å². The molecule has 0 saturated heterocycles. The molecule has 4 rings (SSSR count). The second-order valence-corrected chi connectivity index (χ2v) is 6.59. The Bertz CT molecular complexity index is 1220. The number of aryl methyl sites for hydroxylation is 1. The van der Waals surface area contributed by atoms with E-state index in [1.165, 1.54) is 4.52 Å². The van der Waals surface area contributed by atoms with Gasteiger partial charge in [-0.05, 0) is 24.6 Å². The lowest BCUT2D eigenvalue weighted by atomic mass is 10.1. The summed E-state index contributed by atoms with van der Waals surface area (Å²) in [6, 6.07) is 13.1. The normalized spacial score (nSPS) is 12.1. The Balaban J connectivity index is 1.83. The molecule has 1 aromatic carbocycles. The monoisotopic (exact) mass is 351 g/mol. The molecule has 0 aliphatic rings. The maximum Gasteiger partial charge on any atom is 0.296 e. The van der Waals surface area contributed by atoms with E-state index in [1.807, 2.05) is 43.3 Å². The summed E-state index contributed by atoms with van der Waals surface area (Å²) in [6.07, 6.45) is 1.97. The van der Waals surface area contributed by atoms with Crippen molar-refractivity contribution < 1.29 is 4.42 Å². The lowest BCUT2D eigenvalue weighted by Crippen LogP contribution is -2.28. The van der Waals surface area contributed by atoms with Crippen LogP contribution in [0.3, 0.4) is 0 Å². The maximum absolute atomic E-state index is 12.6. The van der Waals surface area contributed by atoms with E-state index in [-0.39, 0.29) is 16.2 Å². The topological polar surface area (TPSA) is 77.5 Å². The van der Waals surface area contributed by atoms with Gasteiger partial charge >= 0.3 is 0 Å². The van der Waals surface area contributed by atoms with Gasteiger partial charge in [-0.1, -0.05) is 41.7 Å². The van der Waals surface area contributed by atoms with E-state index >= 15 is 0 Å². The number of rotatable bonds is 3. The Hall–Kier alpha value is -3.06. The summed E-state index contributed by atoms with van der Waals surface area (Å²) in [5.41, 5.74) is 0.467. The number of hydrogen-bond acceptors (Lipinski definition) is 6. The van der Waals surface area contributed by atoms with Crippen molar-refractivity contribution >= 4 is 22.4 Å². The fourth-order valence-corrected chi connectivity index (χ4v) is 3.39. The molecule has 0 aliphatic heterocycles. The molecule has 0 fully saturated rings. The van der Waals surface area contributed by atoms with E-state index < -0.39 is 5.56 Å². The molecule has 124 valence electrons. The summed E-state index contributed by atoms with van der Waals surface area (Å²) in [6.45, 7) is 1.83. The van der Waals surface area contributed by atoms with Crippen LogP contribution in [0.5, 0.6) is 0 Å². The van der Waals surface area contributed by atoms with E-state index in [9.17, 15) is 9.59 Å². The van der Waals surface area contributed by atoms with E-state index in [4.69, 9.17) is 4.42 Å². The van der Waals surface area contributed by atoms with Crippen molar-refractivity contribution in [2.75, 3.05) is 0 Å². The molecule has 7 heteroatoms. The minimum Gasteiger partial charge on any atom is -0.462 e. The summed E-state index contributed by atoms with van der Waals surface area (Å²) < 4.78 is 7.07. The Morgan fingerprint density at radius 1 is 1.16 bits per heavy atom. The smallest absolute Gasteiger partial charge is 0.296 e. The first kappa shape index (κ1) is 15.5. The number of hydrogen-bond donors (Lipinski definition) is 0. The molecule has 0 aliphatic carbocycles. The molecule has 0 spiro atoms. The van der Waals surface area contributed by atoms with Crippen LogP contribution in [0.15, 0.2) is 56.5 Å². The minimum absolute atomic E-state index is 0.249. The molecule has 0 N–H and O–H groups in total. The first-order valence-electron chi connectivity index (χ1n) is 7.65. The molecule has 3 heterocycles. The van der Waals surface area contributed by atoms with Crippen molar-refractivity contribution in [1.82, 2.24) is 14.6 Å².